The Labute approximate surface area is 63.8 Å². The van der Waals surface area contributed by atoms with Crippen molar-refractivity contribution >= 4 is 5.78 Å². The van der Waals surface area contributed by atoms with Crippen LogP contribution in [0.25, 0.3) is 0 Å². The van der Waals surface area contributed by atoms with Gasteiger partial charge in [-0.2, -0.15) is 0 Å². The fraction of sp³-hybridized carbons (Fsp3) is 0.286. The van der Waals surface area contributed by atoms with Gasteiger partial charge in [0, 0.05) is 6.42 Å². The molecule has 0 bridgehead atoms. The van der Waals surface area contributed by atoms with Gasteiger partial charge in [0.15, 0.2) is 11.5 Å². The maximum atomic E-state index is 10.9. The second-order valence-electron chi connectivity index (χ2n) is 1.87. The number of hydrogen-bond acceptors (Lipinski definition) is 3. The summed E-state index contributed by atoms with van der Waals surface area (Å²) in [5.74, 6) is 0.154. The van der Waals surface area contributed by atoms with Crippen LogP contribution in [0.1, 0.15) is 17.0 Å². The Hall–Kier alpha value is -1.13. The predicted molar refractivity (Wildman–Crippen MR) is 38.4 cm³/mol. The molecule has 0 aliphatic heterocycles. The van der Waals surface area contributed by atoms with Gasteiger partial charge in [0.05, 0.1) is 12.9 Å². The van der Waals surface area contributed by atoms with Gasteiger partial charge in [0.2, 0.25) is 0 Å². The lowest BCUT2D eigenvalue weighted by Gasteiger charge is -1.89. The van der Waals surface area contributed by atoms with Gasteiger partial charge in [-0.1, -0.05) is 0 Å². The van der Waals surface area contributed by atoms with Crippen LogP contribution in [-0.4, -0.2) is 23.0 Å². The first-order valence-corrected chi connectivity index (χ1v) is 3.02. The largest absolute Gasteiger partial charge is 0.461 e. The smallest absolute Gasteiger partial charge is 0.200 e. The van der Waals surface area contributed by atoms with E-state index >= 15 is 0 Å². The molecule has 0 spiro atoms. The fourth-order valence-corrected chi connectivity index (χ4v) is 0.662. The zero-order valence-corrected chi connectivity index (χ0v) is 5.91. The third-order valence-electron chi connectivity index (χ3n) is 1.13. The van der Waals surface area contributed by atoms with Gasteiger partial charge in [-0.25, -0.2) is 0 Å². The monoisotopic (exact) mass is 158 g/mol. The van der Waals surface area contributed by atoms with E-state index in [4.69, 9.17) is 9.52 Å². The lowest BCUT2D eigenvalue weighted by molar-refractivity contribution is 0.0929. The molecule has 4 heteroatoms. The Morgan fingerprint density at radius 3 is 2.82 bits per heavy atom. The number of hydrogen-bond donors (Lipinski definition) is 1. The summed E-state index contributed by atoms with van der Waals surface area (Å²) in [5.41, 5.74) is 0. The number of carbonyl (C=O) groups is 1. The van der Waals surface area contributed by atoms with Crippen molar-refractivity contribution in [2.45, 2.75) is 6.42 Å². The van der Waals surface area contributed by atoms with E-state index in [1.54, 1.807) is 12.1 Å². The molecule has 0 aliphatic carbocycles. The highest BCUT2D eigenvalue weighted by Gasteiger charge is 2.05. The maximum absolute atomic E-state index is 10.9. The molecule has 4 nitrogen and oxygen atoms in total. The van der Waals surface area contributed by atoms with E-state index in [-0.39, 0.29) is 24.3 Å². The van der Waals surface area contributed by atoms with Gasteiger partial charge < -0.3 is 15.0 Å². The van der Waals surface area contributed by atoms with Crippen LogP contribution in [0.3, 0.4) is 0 Å². The SMILES string of the molecule is O.O=C(CCO)c1ccco1. The predicted octanol–water partition coefficient (Wildman–Crippen LogP) is 0.0200. The van der Waals surface area contributed by atoms with Crippen LogP contribution in [0, 0.1) is 0 Å². The summed E-state index contributed by atoms with van der Waals surface area (Å²) >= 11 is 0. The second-order valence-corrected chi connectivity index (χ2v) is 1.87. The summed E-state index contributed by atoms with van der Waals surface area (Å²) in [5, 5.41) is 8.37. The maximum Gasteiger partial charge on any atom is 0.200 e. The number of rotatable bonds is 3. The minimum absolute atomic E-state index is 0. The Balaban J connectivity index is 0.000001000. The van der Waals surface area contributed by atoms with E-state index in [1.165, 1.54) is 6.26 Å². The molecule has 0 amide bonds. The van der Waals surface area contributed by atoms with Gasteiger partial charge >= 0.3 is 0 Å². The number of Topliss-reactive ketones (excluding diaryl/α,β-unsaturated/α-hetero) is 1. The molecule has 0 saturated carbocycles. The molecule has 62 valence electrons. The van der Waals surface area contributed by atoms with E-state index < -0.39 is 0 Å². The second kappa shape index (κ2) is 4.65. The van der Waals surface area contributed by atoms with Gasteiger partial charge in [-0.3, -0.25) is 4.79 Å². The summed E-state index contributed by atoms with van der Waals surface area (Å²) in [7, 11) is 0. The molecule has 1 rings (SSSR count). The zero-order chi connectivity index (χ0) is 7.40. The third-order valence-corrected chi connectivity index (χ3v) is 1.13. The topological polar surface area (TPSA) is 81.9 Å². The number of aliphatic hydroxyl groups excluding tert-OH is 1. The van der Waals surface area contributed by atoms with Crippen molar-refractivity contribution in [1.82, 2.24) is 0 Å². The molecule has 0 aliphatic rings. The molecule has 0 aromatic carbocycles. The molecule has 1 heterocycles. The molecule has 1 aromatic heterocycles. The molecule has 3 N–H and O–H groups in total. The lowest BCUT2D eigenvalue weighted by atomic mass is 10.2. The van der Waals surface area contributed by atoms with E-state index in [0.29, 0.717) is 5.76 Å². The van der Waals surface area contributed by atoms with Gasteiger partial charge in [-0.05, 0) is 12.1 Å². The van der Waals surface area contributed by atoms with E-state index in [0.717, 1.165) is 0 Å². The van der Waals surface area contributed by atoms with Crippen LogP contribution in [0.15, 0.2) is 22.8 Å². The summed E-state index contributed by atoms with van der Waals surface area (Å²) in [4.78, 5) is 10.9. The number of carbonyl (C=O) groups excluding carboxylic acids is 1. The fourth-order valence-electron chi connectivity index (χ4n) is 0.662. The highest BCUT2D eigenvalue weighted by molar-refractivity contribution is 5.93. The van der Waals surface area contributed by atoms with Crippen LogP contribution in [0.5, 0.6) is 0 Å². The molecule has 1 aromatic rings. The first-order valence-electron chi connectivity index (χ1n) is 3.02. The van der Waals surface area contributed by atoms with Crippen molar-refractivity contribution in [3.63, 3.8) is 0 Å². The number of aliphatic hydroxyl groups is 1. The highest BCUT2D eigenvalue weighted by Crippen LogP contribution is 2.02. The van der Waals surface area contributed by atoms with Crippen LogP contribution >= 0.6 is 0 Å². The molecular weight excluding hydrogens is 148 g/mol. The number of ketones is 1. The molecule has 0 radical (unpaired) electrons. The molecule has 0 saturated heterocycles. The van der Waals surface area contributed by atoms with Crippen LogP contribution < -0.4 is 0 Å². The van der Waals surface area contributed by atoms with E-state index in [9.17, 15) is 4.79 Å². The molecule has 0 atom stereocenters. The lowest BCUT2D eigenvalue weighted by Crippen LogP contribution is -1.99. The van der Waals surface area contributed by atoms with E-state index in [2.05, 4.69) is 0 Å². The standard InChI is InChI=1S/C7H8O3.H2O/c8-4-3-6(9)7-2-1-5-10-7;/h1-2,5,8H,3-4H2;1H2. The van der Waals surface area contributed by atoms with Crippen molar-refractivity contribution in [1.29, 1.82) is 0 Å². The average Bonchev–Trinajstić information content (AvgIpc) is 2.38. The van der Waals surface area contributed by atoms with Gasteiger partial charge in [0.1, 0.15) is 0 Å². The van der Waals surface area contributed by atoms with Crippen LogP contribution in [-0.2, 0) is 0 Å². The Bertz CT molecular complexity index is 202. The summed E-state index contributed by atoms with van der Waals surface area (Å²) in [6, 6.07) is 3.22. The molecule has 11 heavy (non-hydrogen) atoms. The van der Waals surface area contributed by atoms with Crippen LogP contribution in [0.2, 0.25) is 0 Å². The Morgan fingerprint density at radius 1 is 1.64 bits per heavy atom. The summed E-state index contributed by atoms with van der Waals surface area (Å²) in [6.45, 7) is -0.125. The zero-order valence-electron chi connectivity index (χ0n) is 5.91. The highest BCUT2D eigenvalue weighted by atomic mass is 16.3. The summed E-state index contributed by atoms with van der Waals surface area (Å²) in [6.07, 6.45) is 1.57. The minimum atomic E-state index is -0.160. The van der Waals surface area contributed by atoms with Crippen LogP contribution in [0.4, 0.5) is 0 Å². The number of furan rings is 1. The molecule has 0 unspecified atom stereocenters. The average molecular weight is 158 g/mol. The first kappa shape index (κ1) is 9.87. The first-order chi connectivity index (χ1) is 4.84. The molecular formula is C7H10O4. The normalized spacial score (nSPS) is 8.82. The quantitative estimate of drug-likeness (QED) is 0.629. The van der Waals surface area contributed by atoms with Gasteiger partial charge in [0.25, 0.3) is 0 Å². The van der Waals surface area contributed by atoms with Crippen molar-refractivity contribution in [2.24, 2.45) is 0 Å². The van der Waals surface area contributed by atoms with Crippen molar-refractivity contribution in [3.05, 3.63) is 24.2 Å². The minimum Gasteiger partial charge on any atom is -0.461 e. The third kappa shape index (κ3) is 2.53. The Kier molecular flexibility index (Phi) is 4.17. The Morgan fingerprint density at radius 2 is 2.36 bits per heavy atom. The van der Waals surface area contributed by atoms with Crippen molar-refractivity contribution in [2.75, 3.05) is 6.61 Å². The molecule has 0 fully saturated rings. The van der Waals surface area contributed by atoms with E-state index in [1.807, 2.05) is 0 Å². The summed E-state index contributed by atoms with van der Waals surface area (Å²) < 4.78 is 4.79. The van der Waals surface area contributed by atoms with Crippen molar-refractivity contribution in [3.8, 4) is 0 Å². The van der Waals surface area contributed by atoms with Gasteiger partial charge in [-0.15, -0.1) is 0 Å². The van der Waals surface area contributed by atoms with Crippen molar-refractivity contribution < 1.29 is 19.8 Å².